The van der Waals surface area contributed by atoms with Gasteiger partial charge in [0.05, 0.1) is 16.8 Å². The first-order valence-electron chi connectivity index (χ1n) is 11.4. The molecule has 1 aliphatic carbocycles. The Kier molecular flexibility index (Phi) is 5.76. The number of nitrogens with one attached hydrogen (secondary N) is 1. The molecule has 1 unspecified atom stereocenters. The average molecular weight is 470 g/mol. The van der Waals surface area contributed by atoms with Crippen molar-refractivity contribution >= 4 is 45.0 Å². The number of carbonyl (C=O) groups excluding carboxylic acids is 2. The van der Waals surface area contributed by atoms with Gasteiger partial charge in [0, 0.05) is 17.6 Å². The minimum absolute atomic E-state index is 0.0448. The second-order valence-corrected chi connectivity index (χ2v) is 10.6. The molecule has 3 aromatic rings. The van der Waals surface area contributed by atoms with Gasteiger partial charge in [-0.3, -0.25) is 9.59 Å². The van der Waals surface area contributed by atoms with E-state index in [-0.39, 0.29) is 17.9 Å². The smallest absolute Gasteiger partial charge is 0.271 e. The highest BCUT2D eigenvalue weighted by Crippen LogP contribution is 2.35. The van der Waals surface area contributed by atoms with Crippen LogP contribution >= 0.6 is 22.9 Å². The molecular weight excluding hydrogens is 442 g/mol. The lowest BCUT2D eigenvalue weighted by atomic mass is 9.91. The molecule has 7 heteroatoms. The summed E-state index contributed by atoms with van der Waals surface area (Å²) in [5.41, 5.74) is 1.86. The van der Waals surface area contributed by atoms with Crippen LogP contribution in [0.1, 0.15) is 55.1 Å². The molecule has 5 nitrogen and oxygen atoms in total. The maximum atomic E-state index is 13.7. The number of hydrogen-bond donors (Lipinski definition) is 1. The van der Waals surface area contributed by atoms with E-state index in [0.29, 0.717) is 30.2 Å². The number of benzene rings is 1. The molecule has 0 saturated heterocycles. The predicted octanol–water partition coefficient (Wildman–Crippen LogP) is 5.26. The van der Waals surface area contributed by atoms with Gasteiger partial charge in [-0.05, 0) is 61.4 Å². The molecular formula is C25H28ClN3O2S. The summed E-state index contributed by atoms with van der Waals surface area (Å²) in [7, 11) is 0. The molecule has 1 N–H and O–H groups in total. The summed E-state index contributed by atoms with van der Waals surface area (Å²) >= 11 is 7.66. The summed E-state index contributed by atoms with van der Waals surface area (Å²) < 4.78 is 3.12. The Hall–Kier alpha value is -2.31. The van der Waals surface area contributed by atoms with Gasteiger partial charge in [0.15, 0.2) is 0 Å². The van der Waals surface area contributed by atoms with E-state index in [4.69, 9.17) is 11.6 Å². The van der Waals surface area contributed by atoms with Gasteiger partial charge in [-0.25, -0.2) is 0 Å². The predicted molar refractivity (Wildman–Crippen MR) is 129 cm³/mol. The molecule has 1 fully saturated rings. The molecule has 1 atom stereocenters. The van der Waals surface area contributed by atoms with Crippen LogP contribution in [-0.2, 0) is 17.8 Å². The van der Waals surface area contributed by atoms with E-state index < -0.39 is 5.54 Å². The van der Waals surface area contributed by atoms with Crippen molar-refractivity contribution < 1.29 is 9.59 Å². The third-order valence-corrected chi connectivity index (χ3v) is 8.12. The lowest BCUT2D eigenvalue weighted by molar-refractivity contribution is -0.133. The molecule has 168 valence electrons. The van der Waals surface area contributed by atoms with Crippen molar-refractivity contribution in [1.29, 1.82) is 0 Å². The first-order chi connectivity index (χ1) is 15.5. The zero-order valence-electron chi connectivity index (χ0n) is 18.3. The van der Waals surface area contributed by atoms with Gasteiger partial charge in [0.2, 0.25) is 5.91 Å². The Labute approximate surface area is 197 Å². The third kappa shape index (κ3) is 3.84. The van der Waals surface area contributed by atoms with E-state index in [1.807, 2.05) is 53.3 Å². The Morgan fingerprint density at radius 1 is 1.19 bits per heavy atom. The number of fused-ring (bicyclic) bond motifs is 3. The van der Waals surface area contributed by atoms with Crippen molar-refractivity contribution in [1.82, 2.24) is 14.8 Å². The summed E-state index contributed by atoms with van der Waals surface area (Å²) in [6, 6.07) is 11.9. The molecule has 0 bridgehead atoms. The number of nitrogens with zero attached hydrogens (tertiary/aromatic N) is 2. The highest BCUT2D eigenvalue weighted by atomic mass is 35.5. The van der Waals surface area contributed by atoms with E-state index in [1.165, 1.54) is 6.42 Å². The zero-order chi connectivity index (χ0) is 22.3. The standard InChI is InChI=1S/C25H28ClN3O2S/c1-25(24(31)27-19-5-3-2-4-6-19)16-28-20-12-14-32-22(20)15-21(28)23(30)29(25)13-11-17-7-9-18(26)10-8-17/h7-10,12,14-15,19H,2-6,11,13,16H2,1H3,(H,27,31). The van der Waals surface area contributed by atoms with Crippen molar-refractivity contribution in [2.24, 2.45) is 0 Å². The number of aromatic nitrogens is 1. The molecule has 0 spiro atoms. The first-order valence-corrected chi connectivity index (χ1v) is 12.7. The molecule has 1 saturated carbocycles. The van der Waals surface area contributed by atoms with Gasteiger partial charge in [-0.2, -0.15) is 0 Å². The molecule has 2 amide bonds. The Morgan fingerprint density at radius 3 is 2.69 bits per heavy atom. The van der Waals surface area contributed by atoms with Gasteiger partial charge >= 0.3 is 0 Å². The van der Waals surface area contributed by atoms with Crippen molar-refractivity contribution in [2.45, 2.75) is 63.6 Å². The van der Waals surface area contributed by atoms with Crippen molar-refractivity contribution in [3.63, 3.8) is 0 Å². The van der Waals surface area contributed by atoms with Crippen LogP contribution in [0.4, 0.5) is 0 Å². The number of rotatable bonds is 5. The van der Waals surface area contributed by atoms with Crippen LogP contribution in [0.25, 0.3) is 10.2 Å². The van der Waals surface area contributed by atoms with Gasteiger partial charge < -0.3 is 14.8 Å². The summed E-state index contributed by atoms with van der Waals surface area (Å²) in [6.07, 6.45) is 6.24. The van der Waals surface area contributed by atoms with Crippen LogP contribution in [0.2, 0.25) is 5.02 Å². The quantitative estimate of drug-likeness (QED) is 0.554. The van der Waals surface area contributed by atoms with Gasteiger partial charge in [-0.15, -0.1) is 11.3 Å². The first kappa shape index (κ1) is 21.5. The molecule has 32 heavy (non-hydrogen) atoms. The molecule has 1 aromatic carbocycles. The zero-order valence-corrected chi connectivity index (χ0v) is 19.8. The molecule has 0 radical (unpaired) electrons. The number of carbonyl (C=O) groups is 2. The maximum absolute atomic E-state index is 13.7. The fourth-order valence-electron chi connectivity index (χ4n) is 5.10. The van der Waals surface area contributed by atoms with E-state index in [9.17, 15) is 9.59 Å². The largest absolute Gasteiger partial charge is 0.351 e. The topological polar surface area (TPSA) is 54.3 Å². The second-order valence-electron chi connectivity index (χ2n) is 9.20. The molecule has 1 aliphatic heterocycles. The number of amides is 2. The number of halogens is 1. The Bertz CT molecular complexity index is 1150. The summed E-state index contributed by atoms with van der Waals surface area (Å²) in [5.74, 6) is -0.119. The fraction of sp³-hybridized carbons (Fsp3) is 0.440. The minimum Gasteiger partial charge on any atom is -0.351 e. The van der Waals surface area contributed by atoms with E-state index >= 15 is 0 Å². The molecule has 2 aromatic heterocycles. The summed E-state index contributed by atoms with van der Waals surface area (Å²) in [6.45, 7) is 2.87. The number of hydrogen-bond acceptors (Lipinski definition) is 3. The Morgan fingerprint density at radius 2 is 1.94 bits per heavy atom. The van der Waals surface area contributed by atoms with Crippen LogP contribution < -0.4 is 5.32 Å². The second kappa shape index (κ2) is 8.56. The summed E-state index contributed by atoms with van der Waals surface area (Å²) in [4.78, 5) is 29.1. The maximum Gasteiger partial charge on any atom is 0.271 e. The average Bonchev–Trinajstić information content (AvgIpc) is 3.38. The van der Waals surface area contributed by atoms with Gasteiger partial charge in [0.25, 0.3) is 5.91 Å². The normalized spacial score (nSPS) is 21.7. The van der Waals surface area contributed by atoms with Crippen LogP contribution in [0.5, 0.6) is 0 Å². The van der Waals surface area contributed by atoms with Crippen molar-refractivity contribution in [3.05, 3.63) is 58.1 Å². The fourth-order valence-corrected chi connectivity index (χ4v) is 6.05. The van der Waals surface area contributed by atoms with Gasteiger partial charge in [-0.1, -0.05) is 43.0 Å². The van der Waals surface area contributed by atoms with Crippen LogP contribution in [0, 0.1) is 0 Å². The summed E-state index contributed by atoms with van der Waals surface area (Å²) in [5, 5.41) is 6.02. The van der Waals surface area contributed by atoms with Crippen LogP contribution in [0.15, 0.2) is 41.8 Å². The molecule has 2 aliphatic rings. The van der Waals surface area contributed by atoms with E-state index in [1.54, 1.807) is 16.2 Å². The molecule has 3 heterocycles. The van der Waals surface area contributed by atoms with Crippen LogP contribution in [0.3, 0.4) is 0 Å². The Balaban J connectivity index is 1.46. The van der Waals surface area contributed by atoms with E-state index in [0.717, 1.165) is 41.5 Å². The number of thiophene rings is 1. The highest BCUT2D eigenvalue weighted by Gasteiger charge is 2.48. The third-order valence-electron chi connectivity index (χ3n) is 7.02. The van der Waals surface area contributed by atoms with E-state index in [2.05, 4.69) is 5.32 Å². The highest BCUT2D eigenvalue weighted by molar-refractivity contribution is 7.17. The van der Waals surface area contributed by atoms with Gasteiger partial charge in [0.1, 0.15) is 11.2 Å². The minimum atomic E-state index is -0.943. The van der Waals surface area contributed by atoms with Crippen molar-refractivity contribution in [3.8, 4) is 0 Å². The van der Waals surface area contributed by atoms with Crippen molar-refractivity contribution in [2.75, 3.05) is 6.54 Å². The SMILES string of the molecule is CC1(C(=O)NC2CCCCC2)Cn2c(cc3sccc32)C(=O)N1CCc1ccc(Cl)cc1. The lowest BCUT2D eigenvalue weighted by Gasteiger charge is -2.45. The lowest BCUT2D eigenvalue weighted by Crippen LogP contribution is -2.65. The molecule has 5 rings (SSSR count). The van der Waals surface area contributed by atoms with Crippen LogP contribution in [-0.4, -0.2) is 39.4 Å². The monoisotopic (exact) mass is 469 g/mol.